The van der Waals surface area contributed by atoms with Gasteiger partial charge in [0.2, 0.25) is 12.1 Å². The van der Waals surface area contributed by atoms with Crippen LogP contribution in [0.15, 0.2) is 31.6 Å². The second-order valence-corrected chi connectivity index (χ2v) is 8.76. The van der Waals surface area contributed by atoms with Gasteiger partial charge in [0.1, 0.15) is 12.5 Å². The third kappa shape index (κ3) is 5.93. The molecule has 0 unspecified atom stereocenters. The number of hydrogen-bond acceptors (Lipinski definition) is 12. The molecule has 0 amide bonds. The van der Waals surface area contributed by atoms with Gasteiger partial charge in [0, 0.05) is 33.4 Å². The van der Waals surface area contributed by atoms with E-state index in [0.717, 1.165) is 9.13 Å². The number of ether oxygens (including phenoxy) is 2. The van der Waals surface area contributed by atoms with Crippen LogP contribution in [0.1, 0.15) is 36.4 Å². The Labute approximate surface area is 211 Å². The quantitative estimate of drug-likeness (QED) is 0.219. The van der Waals surface area contributed by atoms with Crippen molar-refractivity contribution in [1.29, 1.82) is 0 Å². The number of rotatable bonds is 6. The zero-order valence-corrected chi connectivity index (χ0v) is 20.2. The molecule has 2 aromatic rings. The summed E-state index contributed by atoms with van der Waals surface area (Å²) in [6, 6.07) is -2.15. The largest absolute Gasteiger partial charge is 0.393 e. The first-order valence-corrected chi connectivity index (χ1v) is 11.3. The first-order chi connectivity index (χ1) is 17.9. The summed E-state index contributed by atoms with van der Waals surface area (Å²) in [5.74, 6) is 0. The molecule has 4 heterocycles. The highest BCUT2D eigenvalue weighted by molar-refractivity contribution is 5.03. The van der Waals surface area contributed by atoms with Gasteiger partial charge in [0.15, 0.2) is 12.2 Å². The zero-order valence-electron chi connectivity index (χ0n) is 20.2. The third-order valence-corrected chi connectivity index (χ3v) is 6.22. The Kier molecular flexibility index (Phi) is 8.71. The molecule has 2 fully saturated rings. The van der Waals surface area contributed by atoms with E-state index < -0.39 is 82.3 Å². The van der Waals surface area contributed by atoms with Crippen molar-refractivity contribution in [3.63, 3.8) is 0 Å². The summed E-state index contributed by atoms with van der Waals surface area (Å²) < 4.78 is 12.8. The summed E-state index contributed by atoms with van der Waals surface area (Å²) >= 11 is 0. The van der Waals surface area contributed by atoms with Crippen molar-refractivity contribution in [2.75, 3.05) is 13.2 Å². The Morgan fingerprint density at radius 1 is 0.816 bits per heavy atom. The molecule has 0 radical (unpaired) electrons. The summed E-state index contributed by atoms with van der Waals surface area (Å²) in [5.41, 5.74) is -1.81. The van der Waals surface area contributed by atoms with Crippen LogP contribution in [0.4, 0.5) is 0 Å². The second-order valence-electron chi connectivity index (χ2n) is 8.76. The third-order valence-electron chi connectivity index (χ3n) is 6.22. The van der Waals surface area contributed by atoms with Crippen LogP contribution >= 0.6 is 0 Å². The summed E-state index contributed by atoms with van der Waals surface area (Å²) in [6.45, 7) is 2.02. The Hall–Kier alpha value is -4.00. The highest BCUT2D eigenvalue weighted by atomic mass is 16.6. The predicted molar refractivity (Wildman–Crippen MR) is 125 cm³/mol. The van der Waals surface area contributed by atoms with Crippen molar-refractivity contribution in [3.05, 3.63) is 85.4 Å². The maximum absolute atomic E-state index is 11.6. The fourth-order valence-corrected chi connectivity index (χ4v) is 4.14. The van der Waals surface area contributed by atoms with E-state index in [1.165, 1.54) is 26.2 Å². The number of aryl methyl sites for hydroxylation is 2. The van der Waals surface area contributed by atoms with Gasteiger partial charge in [-0.2, -0.15) is 0 Å². The van der Waals surface area contributed by atoms with E-state index in [0.29, 0.717) is 11.1 Å². The normalized spacial score (nSPS) is 26.5. The van der Waals surface area contributed by atoms with Crippen molar-refractivity contribution >= 4 is 0 Å². The van der Waals surface area contributed by atoms with Crippen LogP contribution in [0.25, 0.3) is 0 Å². The number of aromatic nitrogens is 4. The van der Waals surface area contributed by atoms with Gasteiger partial charge in [-0.3, -0.25) is 48.9 Å². The standard InChI is InChI=1S/2C10H13N3O6/c2*1-5-3-12(10(16)11-9(5)15)8-2-6(13(17)18)7(4-14)19-8/h2*3,6-8,14H,2,4H2,1H3,(H,11,15,16)/t2*6-,7+,8+/m00/s1. The Balaban J connectivity index is 0.000000211. The highest BCUT2D eigenvalue weighted by Gasteiger charge is 2.45. The molecule has 0 bridgehead atoms. The minimum Gasteiger partial charge on any atom is -0.393 e. The minimum atomic E-state index is -1.07. The fraction of sp³-hybridized carbons (Fsp3) is 0.600. The SMILES string of the molecule is Cc1cn([C@H]2C[C@H]([N+](=O)[O-])[C@@H](CO)O2)c(=O)[nH]c1=O.Cc1cn([C@H]2C[C@H]([N+](=O)[O-])[C@@H](CO)O2)c(=O)[nH]c1=O. The van der Waals surface area contributed by atoms with Crippen molar-refractivity contribution in [3.8, 4) is 0 Å². The molecular weight excluding hydrogens is 516 g/mol. The fourth-order valence-electron chi connectivity index (χ4n) is 4.14. The molecule has 208 valence electrons. The van der Waals surface area contributed by atoms with Crippen LogP contribution in [0.3, 0.4) is 0 Å². The minimum absolute atomic E-state index is 0.0381. The van der Waals surface area contributed by atoms with E-state index in [1.807, 2.05) is 0 Å². The van der Waals surface area contributed by atoms with Crippen molar-refractivity contribution < 1.29 is 29.5 Å². The second kappa shape index (κ2) is 11.6. The van der Waals surface area contributed by atoms with Gasteiger partial charge in [0.25, 0.3) is 11.1 Å². The number of H-pyrrole nitrogens is 2. The van der Waals surface area contributed by atoms with E-state index in [-0.39, 0.29) is 12.8 Å². The van der Waals surface area contributed by atoms with E-state index >= 15 is 0 Å². The summed E-state index contributed by atoms with van der Waals surface area (Å²) in [6.07, 6.45) is -1.14. The van der Waals surface area contributed by atoms with Crippen LogP contribution < -0.4 is 22.5 Å². The van der Waals surface area contributed by atoms with Gasteiger partial charge in [-0.05, 0) is 13.8 Å². The molecular formula is C20H26N6O12. The van der Waals surface area contributed by atoms with E-state index in [1.54, 1.807) is 0 Å². The molecule has 38 heavy (non-hydrogen) atoms. The smallest absolute Gasteiger partial charge is 0.330 e. The summed E-state index contributed by atoms with van der Waals surface area (Å²) in [7, 11) is 0. The zero-order chi connectivity index (χ0) is 28.3. The average molecular weight is 542 g/mol. The maximum atomic E-state index is 11.6. The monoisotopic (exact) mass is 542 g/mol. The van der Waals surface area contributed by atoms with Gasteiger partial charge in [-0.1, -0.05) is 0 Å². The lowest BCUT2D eigenvalue weighted by atomic mass is 10.1. The lowest BCUT2D eigenvalue weighted by molar-refractivity contribution is -0.527. The molecule has 2 saturated heterocycles. The molecule has 0 saturated carbocycles. The maximum Gasteiger partial charge on any atom is 0.330 e. The van der Waals surface area contributed by atoms with Gasteiger partial charge >= 0.3 is 11.4 Å². The molecule has 18 nitrogen and oxygen atoms in total. The van der Waals surface area contributed by atoms with Crippen molar-refractivity contribution in [2.45, 2.75) is 63.4 Å². The van der Waals surface area contributed by atoms with Crippen LogP contribution in [0.5, 0.6) is 0 Å². The highest BCUT2D eigenvalue weighted by Crippen LogP contribution is 2.30. The molecule has 0 spiro atoms. The summed E-state index contributed by atoms with van der Waals surface area (Å²) in [5, 5.41) is 39.7. The topological polar surface area (TPSA) is 255 Å². The van der Waals surface area contributed by atoms with Crippen molar-refractivity contribution in [2.24, 2.45) is 0 Å². The van der Waals surface area contributed by atoms with E-state index in [2.05, 4.69) is 9.97 Å². The number of nitro groups is 2. The van der Waals surface area contributed by atoms with Crippen LogP contribution in [-0.4, -0.2) is 76.7 Å². The molecule has 6 atom stereocenters. The Morgan fingerprint density at radius 3 is 1.42 bits per heavy atom. The molecule has 2 aliphatic heterocycles. The van der Waals surface area contributed by atoms with E-state index in [4.69, 9.17) is 19.7 Å². The molecule has 2 aliphatic rings. The molecule has 4 rings (SSSR count). The van der Waals surface area contributed by atoms with Gasteiger partial charge in [-0.15, -0.1) is 0 Å². The number of aliphatic hydroxyl groups is 2. The first kappa shape index (κ1) is 28.6. The molecule has 0 aromatic carbocycles. The lowest BCUT2D eigenvalue weighted by Crippen LogP contribution is -2.33. The number of aliphatic hydroxyl groups excluding tert-OH is 2. The van der Waals surface area contributed by atoms with Crippen LogP contribution in [-0.2, 0) is 9.47 Å². The van der Waals surface area contributed by atoms with Gasteiger partial charge in [0.05, 0.1) is 26.1 Å². The average Bonchev–Trinajstić information content (AvgIpc) is 3.49. The molecule has 2 aromatic heterocycles. The Bertz CT molecular complexity index is 1320. The van der Waals surface area contributed by atoms with Crippen LogP contribution in [0.2, 0.25) is 0 Å². The number of hydrogen-bond donors (Lipinski definition) is 4. The summed E-state index contributed by atoms with van der Waals surface area (Å²) in [4.78, 5) is 70.5. The number of aromatic amines is 2. The van der Waals surface area contributed by atoms with Crippen molar-refractivity contribution in [1.82, 2.24) is 19.1 Å². The first-order valence-electron chi connectivity index (χ1n) is 11.3. The predicted octanol–water partition coefficient (Wildman–Crippen LogP) is -2.46. The molecule has 0 aliphatic carbocycles. The lowest BCUT2D eigenvalue weighted by Gasteiger charge is -2.13. The van der Waals surface area contributed by atoms with Gasteiger partial charge < -0.3 is 19.7 Å². The van der Waals surface area contributed by atoms with E-state index in [9.17, 15) is 39.4 Å². The molecule has 4 N–H and O–H groups in total. The molecule has 18 heteroatoms. The number of nitrogens with zero attached hydrogens (tertiary/aromatic N) is 4. The van der Waals surface area contributed by atoms with Gasteiger partial charge in [-0.25, -0.2) is 9.59 Å². The van der Waals surface area contributed by atoms with Crippen LogP contribution in [0, 0.1) is 34.1 Å². The Morgan fingerprint density at radius 2 is 1.16 bits per heavy atom. The number of nitrogens with one attached hydrogen (secondary N) is 2.